The molecule has 2 aliphatic heterocycles. The van der Waals surface area contributed by atoms with Crippen molar-refractivity contribution in [3.8, 4) is 6.07 Å². The normalized spacial score (nSPS) is 23.4. The summed E-state index contributed by atoms with van der Waals surface area (Å²) < 4.78 is 0. The molecule has 5 heterocycles. The van der Waals surface area contributed by atoms with Gasteiger partial charge in [0, 0.05) is 49.0 Å². The molecule has 2 fully saturated rings. The molecule has 1 unspecified atom stereocenters. The largest absolute Gasteiger partial charge is 0.351 e. The summed E-state index contributed by atoms with van der Waals surface area (Å²) in [6, 6.07) is 9.46. The number of nitrogens with one attached hydrogen (secondary N) is 3. The van der Waals surface area contributed by atoms with E-state index in [9.17, 15) is 0 Å². The lowest BCUT2D eigenvalue weighted by atomic mass is 9.97. The smallest absolute Gasteiger partial charge is 0.226 e. The number of pyridine rings is 1. The summed E-state index contributed by atoms with van der Waals surface area (Å²) in [5.41, 5.74) is 1.63. The third-order valence-corrected chi connectivity index (χ3v) is 6.12. The molecule has 0 saturated carbocycles. The van der Waals surface area contributed by atoms with Crippen LogP contribution >= 0.6 is 0 Å². The van der Waals surface area contributed by atoms with Crippen molar-refractivity contribution in [1.82, 2.24) is 30.0 Å². The average molecular weight is 403 g/mol. The van der Waals surface area contributed by atoms with Crippen LogP contribution in [-0.4, -0.2) is 54.7 Å². The summed E-state index contributed by atoms with van der Waals surface area (Å²) in [5.74, 6) is 1.99. The van der Waals surface area contributed by atoms with Crippen LogP contribution in [0.2, 0.25) is 0 Å². The van der Waals surface area contributed by atoms with Gasteiger partial charge in [0.2, 0.25) is 5.95 Å². The van der Waals surface area contributed by atoms with Gasteiger partial charge in [-0.15, -0.1) is 0 Å². The number of rotatable bonds is 6. The van der Waals surface area contributed by atoms with Crippen molar-refractivity contribution in [3.63, 3.8) is 0 Å². The van der Waals surface area contributed by atoms with E-state index in [0.29, 0.717) is 47.8 Å². The number of anilines is 3. The van der Waals surface area contributed by atoms with Gasteiger partial charge in [-0.05, 0) is 44.7 Å². The Morgan fingerprint density at radius 3 is 2.83 bits per heavy atom. The highest BCUT2D eigenvalue weighted by Crippen LogP contribution is 2.36. The van der Waals surface area contributed by atoms with E-state index >= 15 is 0 Å². The van der Waals surface area contributed by atoms with Crippen LogP contribution in [0, 0.1) is 18.3 Å². The highest BCUT2D eigenvalue weighted by Gasteiger charge is 2.40. The molecule has 2 bridgehead atoms. The van der Waals surface area contributed by atoms with Crippen LogP contribution in [0.1, 0.15) is 37.8 Å². The number of piperidine rings is 1. The fourth-order valence-corrected chi connectivity index (χ4v) is 4.84. The van der Waals surface area contributed by atoms with Crippen LogP contribution in [0.25, 0.3) is 11.0 Å². The summed E-state index contributed by atoms with van der Waals surface area (Å²) >= 11 is 0. The van der Waals surface area contributed by atoms with Crippen molar-refractivity contribution in [3.05, 3.63) is 30.1 Å². The Balaban J connectivity index is 1.37. The molecule has 154 valence electrons. The predicted octanol–water partition coefficient (Wildman–Crippen LogP) is 3.12. The van der Waals surface area contributed by atoms with Crippen molar-refractivity contribution >= 4 is 28.6 Å². The first kappa shape index (κ1) is 18.8. The number of nitrogens with zero attached hydrogens (tertiary/aromatic N) is 6. The summed E-state index contributed by atoms with van der Waals surface area (Å²) in [4.78, 5) is 16.4. The SMILES string of the molecule is Cc1cc(Nc2nc(NC3C[C@H]4CC[C@@H](C3)N4CCC#N)nc3ncccc23)n[nH]1. The third kappa shape index (κ3) is 3.66. The standard InChI is InChI=1S/C21H25N9/c1-13-10-18(29-28-13)25-20-17-4-2-8-23-19(17)26-21(27-20)24-14-11-15-5-6-16(12-14)30(15)9-3-7-22/h2,4,8,10,14-16H,3,5-6,9,11-12H2,1H3,(H3,23,24,25,26,27,28,29)/t14?,15-,16+. The molecule has 3 aromatic heterocycles. The van der Waals surface area contributed by atoms with Crippen molar-refractivity contribution in [2.45, 2.75) is 57.2 Å². The fourth-order valence-electron chi connectivity index (χ4n) is 4.84. The van der Waals surface area contributed by atoms with Gasteiger partial charge in [-0.3, -0.25) is 10.00 Å². The predicted molar refractivity (Wildman–Crippen MR) is 114 cm³/mol. The number of aromatic amines is 1. The third-order valence-electron chi connectivity index (χ3n) is 6.12. The first-order valence-corrected chi connectivity index (χ1v) is 10.5. The molecule has 0 amide bonds. The zero-order valence-electron chi connectivity index (χ0n) is 17.0. The maximum Gasteiger partial charge on any atom is 0.226 e. The molecular weight excluding hydrogens is 378 g/mol. The molecule has 9 heteroatoms. The van der Waals surface area contributed by atoms with Crippen LogP contribution in [0.3, 0.4) is 0 Å². The Kier molecular flexibility index (Phi) is 4.93. The number of hydrogen-bond acceptors (Lipinski definition) is 8. The number of hydrogen-bond donors (Lipinski definition) is 3. The summed E-state index contributed by atoms with van der Waals surface area (Å²) in [5, 5.41) is 23.8. The summed E-state index contributed by atoms with van der Waals surface area (Å²) in [6.07, 6.45) is 6.86. The number of fused-ring (bicyclic) bond motifs is 3. The number of aryl methyl sites for hydroxylation is 1. The van der Waals surface area contributed by atoms with E-state index in [1.54, 1.807) is 6.20 Å². The highest BCUT2D eigenvalue weighted by molar-refractivity contribution is 5.89. The molecule has 3 atom stereocenters. The minimum absolute atomic E-state index is 0.322. The van der Waals surface area contributed by atoms with E-state index in [2.05, 4.69) is 41.8 Å². The molecule has 2 saturated heterocycles. The van der Waals surface area contributed by atoms with Crippen molar-refractivity contribution < 1.29 is 0 Å². The van der Waals surface area contributed by atoms with Crippen LogP contribution in [0.15, 0.2) is 24.4 Å². The van der Waals surface area contributed by atoms with E-state index in [1.807, 2.05) is 25.1 Å². The van der Waals surface area contributed by atoms with E-state index in [4.69, 9.17) is 10.2 Å². The Hall–Kier alpha value is -3.25. The van der Waals surface area contributed by atoms with Gasteiger partial charge in [-0.25, -0.2) is 4.98 Å². The maximum atomic E-state index is 8.93. The maximum absolute atomic E-state index is 8.93. The van der Waals surface area contributed by atoms with Gasteiger partial charge >= 0.3 is 0 Å². The first-order valence-electron chi connectivity index (χ1n) is 10.5. The molecule has 3 aromatic rings. The highest BCUT2D eigenvalue weighted by atomic mass is 15.3. The van der Waals surface area contributed by atoms with Gasteiger partial charge in [-0.2, -0.15) is 20.3 Å². The van der Waals surface area contributed by atoms with Gasteiger partial charge in [0.25, 0.3) is 0 Å². The summed E-state index contributed by atoms with van der Waals surface area (Å²) in [7, 11) is 0. The van der Waals surface area contributed by atoms with E-state index in [0.717, 1.165) is 30.5 Å². The van der Waals surface area contributed by atoms with E-state index < -0.39 is 0 Å². The molecule has 2 aliphatic rings. The molecule has 0 aliphatic carbocycles. The van der Waals surface area contributed by atoms with E-state index in [1.165, 1.54) is 12.8 Å². The van der Waals surface area contributed by atoms with Gasteiger partial charge in [-0.1, -0.05) is 0 Å². The second kappa shape index (κ2) is 7.88. The van der Waals surface area contributed by atoms with Crippen molar-refractivity contribution in [2.75, 3.05) is 17.2 Å². The molecule has 0 spiro atoms. The first-order chi connectivity index (χ1) is 14.7. The Bertz CT molecular complexity index is 1070. The zero-order valence-corrected chi connectivity index (χ0v) is 17.0. The Morgan fingerprint density at radius 1 is 1.27 bits per heavy atom. The van der Waals surface area contributed by atoms with Gasteiger partial charge in [0.1, 0.15) is 5.82 Å². The Morgan fingerprint density at radius 2 is 2.10 bits per heavy atom. The lowest BCUT2D eigenvalue weighted by Gasteiger charge is -2.38. The minimum atomic E-state index is 0.322. The van der Waals surface area contributed by atoms with Gasteiger partial charge in [0.15, 0.2) is 11.5 Å². The van der Waals surface area contributed by atoms with Gasteiger partial charge in [0.05, 0.1) is 11.5 Å². The number of nitriles is 1. The quantitative estimate of drug-likeness (QED) is 0.574. The van der Waals surface area contributed by atoms with Crippen molar-refractivity contribution in [2.24, 2.45) is 0 Å². The molecule has 3 N–H and O–H groups in total. The minimum Gasteiger partial charge on any atom is -0.351 e. The molecular formula is C21H25N9. The monoisotopic (exact) mass is 403 g/mol. The van der Waals surface area contributed by atoms with Gasteiger partial charge < -0.3 is 10.6 Å². The average Bonchev–Trinajstić information content (AvgIpc) is 3.25. The van der Waals surface area contributed by atoms with Crippen LogP contribution < -0.4 is 10.6 Å². The molecule has 30 heavy (non-hydrogen) atoms. The van der Waals surface area contributed by atoms with Crippen LogP contribution in [0.4, 0.5) is 17.6 Å². The second-order valence-corrected chi connectivity index (χ2v) is 8.18. The van der Waals surface area contributed by atoms with E-state index in [-0.39, 0.29) is 0 Å². The Labute approximate surface area is 174 Å². The lowest BCUT2D eigenvalue weighted by molar-refractivity contribution is 0.135. The van der Waals surface area contributed by atoms with Crippen molar-refractivity contribution in [1.29, 1.82) is 5.26 Å². The van der Waals surface area contributed by atoms with Crippen LogP contribution in [0.5, 0.6) is 0 Å². The molecule has 0 radical (unpaired) electrons. The fraction of sp³-hybridized carbons (Fsp3) is 0.476. The molecule has 5 rings (SSSR count). The van der Waals surface area contributed by atoms with Crippen LogP contribution in [-0.2, 0) is 0 Å². The number of aromatic nitrogens is 5. The lowest BCUT2D eigenvalue weighted by Crippen LogP contribution is -2.47. The number of H-pyrrole nitrogens is 1. The molecule has 9 nitrogen and oxygen atoms in total. The molecule has 0 aromatic carbocycles. The summed E-state index contributed by atoms with van der Waals surface area (Å²) in [6.45, 7) is 2.84. The zero-order chi connectivity index (χ0) is 20.5. The second-order valence-electron chi connectivity index (χ2n) is 8.18. The topological polar surface area (TPSA) is 118 Å².